The van der Waals surface area contributed by atoms with Gasteiger partial charge in [-0.15, -0.1) is 0 Å². The molecule has 4 rings (SSSR count). The number of anilines is 2. The first-order chi connectivity index (χ1) is 19.2. The van der Waals surface area contributed by atoms with Gasteiger partial charge in [0.15, 0.2) is 0 Å². The summed E-state index contributed by atoms with van der Waals surface area (Å²) in [5.74, 6) is -0.558. The molecule has 8 nitrogen and oxygen atoms in total. The normalized spacial score (nSPS) is 14.8. The average Bonchev–Trinajstić information content (AvgIpc) is 3.10. The Bertz CT molecular complexity index is 1410. The maximum Gasteiger partial charge on any atom is 0.320 e. The Morgan fingerprint density at radius 3 is 2.55 bits per heavy atom. The van der Waals surface area contributed by atoms with Crippen molar-refractivity contribution in [3.63, 3.8) is 0 Å². The number of halogens is 1. The van der Waals surface area contributed by atoms with E-state index in [1.165, 1.54) is 7.11 Å². The van der Waals surface area contributed by atoms with Crippen molar-refractivity contribution < 1.29 is 23.9 Å². The highest BCUT2D eigenvalue weighted by atomic mass is 35.5. The van der Waals surface area contributed by atoms with Gasteiger partial charge < -0.3 is 25.0 Å². The van der Waals surface area contributed by atoms with Gasteiger partial charge in [-0.05, 0) is 61.7 Å². The summed E-state index contributed by atoms with van der Waals surface area (Å²) in [6.07, 6.45) is 0.625. The Labute approximate surface area is 239 Å². The summed E-state index contributed by atoms with van der Waals surface area (Å²) < 4.78 is 11.4. The number of methoxy groups -OCH3 is 1. The number of amides is 2. The number of hydrogen-bond acceptors (Lipinski definition) is 6. The molecule has 0 fully saturated rings. The van der Waals surface area contributed by atoms with Crippen LogP contribution in [0.2, 0.25) is 5.02 Å². The summed E-state index contributed by atoms with van der Waals surface area (Å²) in [7, 11) is 1.48. The standard InChI is InChI=1S/C31H34ClN3O5/c1-19(2)33-18-29(36)40-27-10-7-15-35(26-14-11-21(32)16-25(26)27)31(38)24-13-12-22(17-28(24)39-4)34-30(37)23-9-6-5-8-20(23)3/h5-6,8-9,11-14,16-17,19,27,33H,7,10,15,18H2,1-4H3,(H,34,37). The molecule has 1 unspecified atom stereocenters. The molecule has 0 saturated heterocycles. The molecular formula is C31H34ClN3O5. The van der Waals surface area contributed by atoms with Crippen molar-refractivity contribution in [3.05, 3.63) is 87.9 Å². The monoisotopic (exact) mass is 563 g/mol. The fraction of sp³-hybridized carbons (Fsp3) is 0.323. The van der Waals surface area contributed by atoms with Gasteiger partial charge in [0.05, 0.1) is 24.9 Å². The Morgan fingerprint density at radius 1 is 1.05 bits per heavy atom. The highest BCUT2D eigenvalue weighted by Gasteiger charge is 2.31. The fourth-order valence-electron chi connectivity index (χ4n) is 4.68. The van der Waals surface area contributed by atoms with Crippen LogP contribution in [-0.4, -0.2) is 44.0 Å². The minimum atomic E-state index is -0.533. The van der Waals surface area contributed by atoms with Crippen molar-refractivity contribution in [1.29, 1.82) is 0 Å². The van der Waals surface area contributed by atoms with E-state index in [0.717, 1.165) is 5.56 Å². The molecule has 40 heavy (non-hydrogen) atoms. The first kappa shape index (κ1) is 29.1. The number of rotatable bonds is 8. The lowest BCUT2D eigenvalue weighted by atomic mass is 10.0. The smallest absolute Gasteiger partial charge is 0.320 e. The zero-order valence-electron chi connectivity index (χ0n) is 23.1. The minimum absolute atomic E-state index is 0.0939. The van der Waals surface area contributed by atoms with Gasteiger partial charge >= 0.3 is 5.97 Å². The average molecular weight is 564 g/mol. The molecule has 2 amide bonds. The second-order valence-electron chi connectivity index (χ2n) is 10.0. The molecule has 9 heteroatoms. The van der Waals surface area contributed by atoms with Crippen LogP contribution in [0, 0.1) is 6.92 Å². The summed E-state index contributed by atoms with van der Waals surface area (Å²) >= 11 is 6.33. The zero-order valence-corrected chi connectivity index (χ0v) is 23.9. The van der Waals surface area contributed by atoms with Crippen LogP contribution in [0.1, 0.15) is 64.6 Å². The number of esters is 1. The number of ether oxygens (including phenoxy) is 2. The number of carbonyl (C=O) groups is 3. The molecule has 2 N–H and O–H groups in total. The van der Waals surface area contributed by atoms with Gasteiger partial charge in [0, 0.05) is 40.5 Å². The summed E-state index contributed by atoms with van der Waals surface area (Å²) in [5, 5.41) is 6.44. The molecule has 3 aromatic carbocycles. The molecule has 0 radical (unpaired) electrons. The summed E-state index contributed by atoms with van der Waals surface area (Å²) in [6.45, 7) is 6.29. The molecule has 1 aliphatic heterocycles. The SMILES string of the molecule is COc1cc(NC(=O)c2ccccc2C)ccc1C(=O)N1CCCC(OC(=O)CNC(C)C)c2cc(Cl)ccc21. The Kier molecular flexibility index (Phi) is 9.45. The van der Waals surface area contributed by atoms with Crippen molar-refractivity contribution in [2.24, 2.45) is 0 Å². The van der Waals surface area contributed by atoms with E-state index in [1.807, 2.05) is 39.0 Å². The highest BCUT2D eigenvalue weighted by Crippen LogP contribution is 2.38. The van der Waals surface area contributed by atoms with Crippen molar-refractivity contribution in [2.45, 2.75) is 45.8 Å². The number of aryl methyl sites for hydroxylation is 1. The van der Waals surface area contributed by atoms with Crippen molar-refractivity contribution in [3.8, 4) is 5.75 Å². The minimum Gasteiger partial charge on any atom is -0.496 e. The molecule has 3 aromatic rings. The second-order valence-corrected chi connectivity index (χ2v) is 10.4. The van der Waals surface area contributed by atoms with E-state index in [-0.39, 0.29) is 30.4 Å². The van der Waals surface area contributed by atoms with E-state index >= 15 is 0 Å². The third-order valence-corrected chi connectivity index (χ3v) is 6.96. The molecule has 0 aromatic heterocycles. The number of hydrogen-bond donors (Lipinski definition) is 2. The predicted octanol–water partition coefficient (Wildman–Crippen LogP) is 5.93. The fourth-order valence-corrected chi connectivity index (χ4v) is 4.86. The maximum atomic E-state index is 13.9. The molecular weight excluding hydrogens is 530 g/mol. The van der Waals surface area contributed by atoms with Gasteiger partial charge in [-0.1, -0.05) is 43.6 Å². The molecule has 0 aliphatic carbocycles. The van der Waals surface area contributed by atoms with Crippen molar-refractivity contribution in [2.75, 3.05) is 30.4 Å². The number of benzene rings is 3. The van der Waals surface area contributed by atoms with E-state index < -0.39 is 6.10 Å². The number of fused-ring (bicyclic) bond motifs is 1. The van der Waals surface area contributed by atoms with Crippen LogP contribution in [-0.2, 0) is 9.53 Å². The van der Waals surface area contributed by atoms with Gasteiger partial charge in [-0.2, -0.15) is 0 Å². The molecule has 0 spiro atoms. The maximum absolute atomic E-state index is 13.9. The Hall–Kier alpha value is -3.88. The van der Waals surface area contributed by atoms with Crippen LogP contribution < -0.4 is 20.3 Å². The summed E-state index contributed by atoms with van der Waals surface area (Å²) in [5.41, 5.74) is 3.58. The van der Waals surface area contributed by atoms with Crippen LogP contribution >= 0.6 is 11.6 Å². The van der Waals surface area contributed by atoms with Gasteiger partial charge in [-0.3, -0.25) is 14.4 Å². The number of nitrogens with one attached hydrogen (secondary N) is 2. The van der Waals surface area contributed by atoms with E-state index in [9.17, 15) is 14.4 Å². The zero-order chi connectivity index (χ0) is 28.8. The Morgan fingerprint density at radius 2 is 1.82 bits per heavy atom. The molecule has 0 saturated carbocycles. The first-order valence-electron chi connectivity index (χ1n) is 13.3. The predicted molar refractivity (Wildman–Crippen MR) is 156 cm³/mol. The van der Waals surface area contributed by atoms with Crippen molar-refractivity contribution >= 4 is 40.8 Å². The number of nitrogens with zero attached hydrogens (tertiary/aromatic N) is 1. The first-order valence-corrected chi connectivity index (χ1v) is 13.6. The summed E-state index contributed by atoms with van der Waals surface area (Å²) in [4.78, 5) is 40.9. The lowest BCUT2D eigenvalue weighted by Gasteiger charge is -2.25. The Balaban J connectivity index is 1.59. The topological polar surface area (TPSA) is 97.0 Å². The van der Waals surface area contributed by atoms with E-state index in [4.69, 9.17) is 21.1 Å². The van der Waals surface area contributed by atoms with Crippen LogP contribution in [0.3, 0.4) is 0 Å². The second kappa shape index (κ2) is 13.0. The van der Waals surface area contributed by atoms with Crippen LogP contribution in [0.25, 0.3) is 0 Å². The highest BCUT2D eigenvalue weighted by molar-refractivity contribution is 6.30. The lowest BCUT2D eigenvalue weighted by molar-refractivity contribution is -0.148. The van der Waals surface area contributed by atoms with Crippen LogP contribution in [0.4, 0.5) is 11.4 Å². The third-order valence-electron chi connectivity index (χ3n) is 6.73. The van der Waals surface area contributed by atoms with Crippen LogP contribution in [0.15, 0.2) is 60.7 Å². The number of carbonyl (C=O) groups excluding carboxylic acids is 3. The largest absolute Gasteiger partial charge is 0.496 e. The van der Waals surface area contributed by atoms with Gasteiger partial charge in [0.2, 0.25) is 0 Å². The van der Waals surface area contributed by atoms with Gasteiger partial charge in [0.1, 0.15) is 11.9 Å². The van der Waals surface area contributed by atoms with E-state index in [1.54, 1.807) is 47.4 Å². The molecule has 1 atom stereocenters. The van der Waals surface area contributed by atoms with Crippen molar-refractivity contribution in [1.82, 2.24) is 5.32 Å². The van der Waals surface area contributed by atoms with Gasteiger partial charge in [0.25, 0.3) is 11.8 Å². The van der Waals surface area contributed by atoms with Crippen LogP contribution in [0.5, 0.6) is 5.75 Å². The van der Waals surface area contributed by atoms with Gasteiger partial charge in [-0.25, -0.2) is 0 Å². The van der Waals surface area contributed by atoms with E-state index in [2.05, 4.69) is 10.6 Å². The quantitative estimate of drug-likeness (QED) is 0.330. The summed E-state index contributed by atoms with van der Waals surface area (Å²) in [6, 6.07) is 17.7. The lowest BCUT2D eigenvalue weighted by Crippen LogP contribution is -2.32. The third kappa shape index (κ3) is 6.81. The molecule has 1 heterocycles. The molecule has 1 aliphatic rings. The molecule has 0 bridgehead atoms. The van der Waals surface area contributed by atoms with E-state index in [0.29, 0.717) is 58.2 Å². The molecule has 210 valence electrons.